The Labute approximate surface area is 173 Å². The highest BCUT2D eigenvalue weighted by Crippen LogP contribution is 2.40. The van der Waals surface area contributed by atoms with E-state index in [4.69, 9.17) is 11.6 Å². The van der Waals surface area contributed by atoms with Gasteiger partial charge in [0.25, 0.3) is 5.91 Å². The molecule has 0 fully saturated rings. The molecule has 6 nitrogen and oxygen atoms in total. The lowest BCUT2D eigenvalue weighted by atomic mass is 10.2. The lowest BCUT2D eigenvalue weighted by molar-refractivity contribution is -0.115. The average molecular weight is 407 g/mol. The van der Waals surface area contributed by atoms with Crippen molar-refractivity contribution in [1.29, 1.82) is 0 Å². The van der Waals surface area contributed by atoms with Gasteiger partial charge in [0.15, 0.2) is 11.6 Å². The molecule has 0 N–H and O–H groups in total. The first-order chi connectivity index (χ1) is 14.2. The summed E-state index contributed by atoms with van der Waals surface area (Å²) in [5.74, 6) is -0.144. The van der Waals surface area contributed by atoms with Gasteiger partial charge < -0.3 is 4.90 Å². The summed E-state index contributed by atoms with van der Waals surface area (Å²) < 4.78 is 0. The van der Waals surface area contributed by atoms with E-state index in [0.717, 1.165) is 12.0 Å². The van der Waals surface area contributed by atoms with E-state index in [1.807, 2.05) is 55.5 Å². The summed E-state index contributed by atoms with van der Waals surface area (Å²) >= 11 is 5.93. The monoisotopic (exact) mass is 406 g/mol. The zero-order valence-electron chi connectivity index (χ0n) is 15.9. The van der Waals surface area contributed by atoms with Crippen molar-refractivity contribution in [3.63, 3.8) is 0 Å². The van der Waals surface area contributed by atoms with Crippen molar-refractivity contribution >= 4 is 40.6 Å². The number of amides is 2. The predicted octanol–water partition coefficient (Wildman–Crippen LogP) is 4.42. The summed E-state index contributed by atoms with van der Waals surface area (Å²) in [6.07, 6.45) is 2.26. The molecule has 0 saturated carbocycles. The van der Waals surface area contributed by atoms with Crippen LogP contribution in [0, 0.1) is 0 Å². The van der Waals surface area contributed by atoms with Crippen molar-refractivity contribution in [2.24, 2.45) is 0 Å². The number of aromatic nitrogens is 2. The third-order valence-corrected chi connectivity index (χ3v) is 4.94. The van der Waals surface area contributed by atoms with Crippen molar-refractivity contribution in [2.75, 3.05) is 22.2 Å². The first kappa shape index (κ1) is 19.1. The molecule has 146 valence electrons. The van der Waals surface area contributed by atoms with Gasteiger partial charge in [0.1, 0.15) is 11.4 Å². The third kappa shape index (κ3) is 3.36. The second-order valence-electron chi connectivity index (χ2n) is 6.61. The van der Waals surface area contributed by atoms with Gasteiger partial charge in [-0.15, -0.1) is 11.6 Å². The van der Waals surface area contributed by atoms with Gasteiger partial charge in [-0.05, 0) is 18.6 Å². The van der Waals surface area contributed by atoms with Crippen LogP contribution in [0.2, 0.25) is 0 Å². The second-order valence-corrected chi connectivity index (χ2v) is 6.87. The van der Waals surface area contributed by atoms with E-state index < -0.39 is 0 Å². The molecule has 4 rings (SSSR count). The van der Waals surface area contributed by atoms with E-state index in [2.05, 4.69) is 9.97 Å². The van der Waals surface area contributed by atoms with Crippen molar-refractivity contribution < 1.29 is 9.59 Å². The van der Waals surface area contributed by atoms with Gasteiger partial charge in [0.2, 0.25) is 5.91 Å². The predicted molar refractivity (Wildman–Crippen MR) is 114 cm³/mol. The third-order valence-electron chi connectivity index (χ3n) is 4.71. The molecule has 1 aromatic heterocycles. The summed E-state index contributed by atoms with van der Waals surface area (Å²) in [5, 5.41) is 0. The first-order valence-electron chi connectivity index (χ1n) is 9.38. The van der Waals surface area contributed by atoms with Gasteiger partial charge >= 0.3 is 0 Å². The van der Waals surface area contributed by atoms with Gasteiger partial charge in [-0.25, -0.2) is 9.97 Å². The molecule has 0 unspecified atom stereocenters. The Morgan fingerprint density at radius 2 is 1.72 bits per heavy atom. The number of alkyl halides is 1. The van der Waals surface area contributed by atoms with Crippen LogP contribution in [0.4, 0.5) is 17.2 Å². The van der Waals surface area contributed by atoms with E-state index in [1.165, 1.54) is 11.1 Å². The summed E-state index contributed by atoms with van der Waals surface area (Å²) in [4.78, 5) is 38.4. The van der Waals surface area contributed by atoms with Crippen LogP contribution in [0.5, 0.6) is 0 Å². The molecule has 29 heavy (non-hydrogen) atoms. The van der Waals surface area contributed by atoms with Crippen molar-refractivity contribution in [1.82, 2.24) is 9.97 Å². The smallest absolute Gasteiger partial charge is 0.263 e. The number of nitrogens with zero attached hydrogens (tertiary/aromatic N) is 4. The van der Waals surface area contributed by atoms with Crippen molar-refractivity contribution in [2.45, 2.75) is 13.3 Å². The highest BCUT2D eigenvalue weighted by Gasteiger charge is 2.35. The largest absolute Gasteiger partial charge is 0.306 e. The molecule has 2 aromatic carbocycles. The average Bonchev–Trinajstić information content (AvgIpc) is 2.87. The van der Waals surface area contributed by atoms with Crippen LogP contribution in [-0.4, -0.2) is 34.2 Å². The minimum Gasteiger partial charge on any atom is -0.306 e. The zero-order chi connectivity index (χ0) is 20.4. The van der Waals surface area contributed by atoms with Gasteiger partial charge in [0, 0.05) is 18.3 Å². The van der Waals surface area contributed by atoms with Crippen LogP contribution in [0.1, 0.15) is 23.7 Å². The van der Waals surface area contributed by atoms with E-state index >= 15 is 0 Å². The Bertz CT molecular complexity index is 1070. The van der Waals surface area contributed by atoms with E-state index in [0.29, 0.717) is 23.7 Å². The maximum Gasteiger partial charge on any atom is 0.263 e. The van der Waals surface area contributed by atoms with Crippen LogP contribution in [0.25, 0.3) is 11.4 Å². The molecule has 2 amide bonds. The highest BCUT2D eigenvalue weighted by atomic mass is 35.5. The lowest BCUT2D eigenvalue weighted by Crippen LogP contribution is -2.31. The Kier molecular flexibility index (Phi) is 5.27. The molecule has 0 bridgehead atoms. The number of fused-ring (bicyclic) bond motifs is 2. The maximum atomic E-state index is 13.4. The maximum absolute atomic E-state index is 13.4. The Hall–Kier alpha value is -3.25. The number of hydrogen-bond donors (Lipinski definition) is 0. The van der Waals surface area contributed by atoms with Crippen LogP contribution in [-0.2, 0) is 4.79 Å². The quantitative estimate of drug-likeness (QED) is 0.601. The Balaban J connectivity index is 1.99. The number of para-hydroxylation sites is 2. The summed E-state index contributed by atoms with van der Waals surface area (Å²) in [5.41, 5.74) is 2.30. The Morgan fingerprint density at radius 1 is 1.03 bits per heavy atom. The van der Waals surface area contributed by atoms with Gasteiger partial charge in [0.05, 0.1) is 11.4 Å². The summed E-state index contributed by atoms with van der Waals surface area (Å²) in [7, 11) is 0. The molecule has 7 heteroatoms. The number of anilines is 3. The molecule has 0 atom stereocenters. The zero-order valence-corrected chi connectivity index (χ0v) is 16.6. The molecule has 1 aliphatic heterocycles. The molecule has 0 saturated heterocycles. The first-order valence-corrected chi connectivity index (χ1v) is 9.91. The molecule has 0 aliphatic carbocycles. The number of rotatable bonds is 4. The standard InChI is InChI=1S/C22H19ClN4O2/c1-2-12-26-17-10-6-7-11-18(17)27(19(28)13-23)21-16(22(26)29)14-24-20(25-21)15-8-4-3-5-9-15/h3-11,14H,2,12-13H2,1H3. The lowest BCUT2D eigenvalue weighted by Gasteiger charge is -2.24. The SMILES string of the molecule is CCCN1C(=O)c2cnc(-c3ccccc3)nc2N(C(=O)CCl)c2ccccc21. The van der Waals surface area contributed by atoms with Gasteiger partial charge in [-0.1, -0.05) is 49.4 Å². The minimum atomic E-state index is -0.357. The van der Waals surface area contributed by atoms with Gasteiger partial charge in [-0.2, -0.15) is 0 Å². The molecule has 3 aromatic rings. The molecular formula is C22H19ClN4O2. The molecular weight excluding hydrogens is 388 g/mol. The summed E-state index contributed by atoms with van der Waals surface area (Å²) in [6, 6.07) is 16.7. The number of carbonyl (C=O) groups is 2. The minimum absolute atomic E-state index is 0.236. The number of benzene rings is 2. The molecule has 0 radical (unpaired) electrons. The Morgan fingerprint density at radius 3 is 2.41 bits per heavy atom. The number of carbonyl (C=O) groups excluding carboxylic acids is 2. The molecule has 0 spiro atoms. The van der Waals surface area contributed by atoms with Crippen molar-refractivity contribution in [3.05, 3.63) is 66.4 Å². The fraction of sp³-hybridized carbons (Fsp3) is 0.182. The van der Waals surface area contributed by atoms with Crippen LogP contribution in [0.15, 0.2) is 60.8 Å². The van der Waals surface area contributed by atoms with E-state index in [9.17, 15) is 9.59 Å². The van der Waals surface area contributed by atoms with E-state index in [-0.39, 0.29) is 29.1 Å². The van der Waals surface area contributed by atoms with Crippen LogP contribution >= 0.6 is 11.6 Å². The number of hydrogen-bond acceptors (Lipinski definition) is 4. The highest BCUT2D eigenvalue weighted by molar-refractivity contribution is 6.31. The van der Waals surface area contributed by atoms with Crippen molar-refractivity contribution in [3.8, 4) is 11.4 Å². The van der Waals surface area contributed by atoms with Gasteiger partial charge in [-0.3, -0.25) is 14.5 Å². The fourth-order valence-corrected chi connectivity index (χ4v) is 3.55. The fourth-order valence-electron chi connectivity index (χ4n) is 3.43. The molecule has 1 aliphatic rings. The van der Waals surface area contributed by atoms with Crippen LogP contribution in [0.3, 0.4) is 0 Å². The van der Waals surface area contributed by atoms with Crippen LogP contribution < -0.4 is 9.80 Å². The molecule has 2 heterocycles. The normalized spacial score (nSPS) is 13.0. The van der Waals surface area contributed by atoms with E-state index in [1.54, 1.807) is 11.0 Å². The number of halogens is 1. The second kappa shape index (κ2) is 8.01. The topological polar surface area (TPSA) is 66.4 Å². The summed E-state index contributed by atoms with van der Waals surface area (Å²) in [6.45, 7) is 2.51.